The van der Waals surface area contributed by atoms with E-state index in [4.69, 9.17) is 4.42 Å². The van der Waals surface area contributed by atoms with Gasteiger partial charge < -0.3 is 9.52 Å². The van der Waals surface area contributed by atoms with Crippen LogP contribution in [0.3, 0.4) is 0 Å². The van der Waals surface area contributed by atoms with Gasteiger partial charge in [0, 0.05) is 17.0 Å². The maximum Gasteiger partial charge on any atom is 0.178 e. The third kappa shape index (κ3) is 1.85. The van der Waals surface area contributed by atoms with Crippen molar-refractivity contribution in [1.29, 1.82) is 0 Å². The lowest BCUT2D eigenvalue weighted by atomic mass is 10.1. The number of halogens is 2. The summed E-state index contributed by atoms with van der Waals surface area (Å²) >= 11 is 6.76. The van der Waals surface area contributed by atoms with E-state index in [0.717, 1.165) is 16.5 Å². The molecule has 2 aromatic carbocycles. The van der Waals surface area contributed by atoms with E-state index >= 15 is 0 Å². The summed E-state index contributed by atoms with van der Waals surface area (Å²) in [7, 11) is 0. The van der Waals surface area contributed by atoms with Crippen molar-refractivity contribution in [3.8, 4) is 16.9 Å². The van der Waals surface area contributed by atoms with Crippen molar-refractivity contribution in [2.24, 2.45) is 0 Å². The molecule has 0 atom stereocenters. The third-order valence-corrected chi connectivity index (χ3v) is 3.97. The van der Waals surface area contributed by atoms with E-state index in [-0.39, 0.29) is 5.75 Å². The van der Waals surface area contributed by atoms with E-state index in [2.05, 4.69) is 31.9 Å². The Balaban J connectivity index is 2.36. The van der Waals surface area contributed by atoms with Crippen LogP contribution < -0.4 is 0 Å². The fourth-order valence-corrected chi connectivity index (χ4v) is 2.91. The van der Waals surface area contributed by atoms with Crippen LogP contribution in [0.5, 0.6) is 5.75 Å². The van der Waals surface area contributed by atoms with Crippen LogP contribution in [0.4, 0.5) is 0 Å². The zero-order valence-corrected chi connectivity index (χ0v) is 12.3. The summed E-state index contributed by atoms with van der Waals surface area (Å²) in [4.78, 5) is 0. The summed E-state index contributed by atoms with van der Waals surface area (Å²) in [5.41, 5.74) is 2.72. The van der Waals surface area contributed by atoms with Crippen molar-refractivity contribution in [2.75, 3.05) is 0 Å². The highest BCUT2D eigenvalue weighted by molar-refractivity contribution is 9.10. The number of hydrogen-bond acceptors (Lipinski definition) is 2. The summed E-state index contributed by atoms with van der Waals surface area (Å²) in [6.45, 7) is 0. The summed E-state index contributed by atoms with van der Waals surface area (Å²) in [5, 5.41) is 10.6. The zero-order chi connectivity index (χ0) is 12.7. The minimum Gasteiger partial charge on any atom is -0.507 e. The number of hydrogen-bond donors (Lipinski definition) is 1. The summed E-state index contributed by atoms with van der Waals surface area (Å²) in [6.07, 6.45) is 0. The first kappa shape index (κ1) is 11.8. The molecule has 3 rings (SSSR count). The van der Waals surface area contributed by atoms with Crippen molar-refractivity contribution in [3.63, 3.8) is 0 Å². The third-order valence-electron chi connectivity index (χ3n) is 2.78. The molecule has 4 heteroatoms. The molecule has 1 aromatic heterocycles. The SMILES string of the molecule is Oc1cc2oc(Br)c(-c3ccccc3)c2cc1Br. The van der Waals surface area contributed by atoms with Gasteiger partial charge in [-0.25, -0.2) is 0 Å². The second kappa shape index (κ2) is 4.44. The van der Waals surface area contributed by atoms with Crippen LogP contribution in [0.2, 0.25) is 0 Å². The largest absolute Gasteiger partial charge is 0.507 e. The van der Waals surface area contributed by atoms with Crippen LogP contribution in [0.1, 0.15) is 0 Å². The molecule has 0 radical (unpaired) electrons. The van der Waals surface area contributed by atoms with Gasteiger partial charge in [-0.2, -0.15) is 0 Å². The van der Waals surface area contributed by atoms with Crippen LogP contribution in [-0.4, -0.2) is 5.11 Å². The molecule has 0 aliphatic rings. The van der Waals surface area contributed by atoms with Gasteiger partial charge >= 0.3 is 0 Å². The van der Waals surface area contributed by atoms with Crippen molar-refractivity contribution in [1.82, 2.24) is 0 Å². The highest BCUT2D eigenvalue weighted by Crippen LogP contribution is 2.41. The molecular formula is C14H8Br2O2. The molecule has 0 saturated heterocycles. The van der Waals surface area contributed by atoms with Gasteiger partial charge in [0.15, 0.2) is 4.67 Å². The van der Waals surface area contributed by atoms with Crippen molar-refractivity contribution < 1.29 is 9.52 Å². The van der Waals surface area contributed by atoms with Crippen LogP contribution in [0.25, 0.3) is 22.1 Å². The van der Waals surface area contributed by atoms with Gasteiger partial charge in [-0.1, -0.05) is 30.3 Å². The Hall–Kier alpha value is -1.26. The Morgan fingerprint density at radius 1 is 1.00 bits per heavy atom. The van der Waals surface area contributed by atoms with Crippen LogP contribution in [-0.2, 0) is 0 Å². The average molecular weight is 368 g/mol. The molecular weight excluding hydrogens is 360 g/mol. The maximum atomic E-state index is 9.67. The predicted molar refractivity (Wildman–Crippen MR) is 78.7 cm³/mol. The summed E-state index contributed by atoms with van der Waals surface area (Å²) < 4.78 is 6.95. The number of phenolic OH excluding ortho intramolecular Hbond substituents is 1. The molecule has 1 N–H and O–H groups in total. The number of benzene rings is 2. The second-order valence-corrected chi connectivity index (χ2v) is 5.49. The fraction of sp³-hybridized carbons (Fsp3) is 0. The Bertz CT molecular complexity index is 717. The van der Waals surface area contributed by atoms with E-state index < -0.39 is 0 Å². The Morgan fingerprint density at radius 3 is 2.44 bits per heavy atom. The molecule has 1 heterocycles. The fourth-order valence-electron chi connectivity index (χ4n) is 1.95. The average Bonchev–Trinajstić information content (AvgIpc) is 2.66. The molecule has 0 bridgehead atoms. The van der Waals surface area contributed by atoms with Gasteiger partial charge in [0.05, 0.1) is 4.47 Å². The molecule has 0 spiro atoms. The highest BCUT2D eigenvalue weighted by Gasteiger charge is 2.15. The molecule has 3 aromatic rings. The highest BCUT2D eigenvalue weighted by atomic mass is 79.9. The molecule has 2 nitrogen and oxygen atoms in total. The normalized spacial score (nSPS) is 11.0. The smallest absolute Gasteiger partial charge is 0.178 e. The van der Waals surface area contributed by atoms with Crippen molar-refractivity contribution >= 4 is 42.8 Å². The van der Waals surface area contributed by atoms with E-state index in [1.54, 1.807) is 6.07 Å². The molecule has 0 saturated carbocycles. The molecule has 0 aliphatic heterocycles. The Labute approximate surface area is 120 Å². The monoisotopic (exact) mass is 366 g/mol. The van der Waals surface area contributed by atoms with Gasteiger partial charge in [0.25, 0.3) is 0 Å². The van der Waals surface area contributed by atoms with E-state index in [0.29, 0.717) is 14.7 Å². The van der Waals surface area contributed by atoms with Crippen LogP contribution >= 0.6 is 31.9 Å². The first-order chi connectivity index (χ1) is 8.66. The number of furan rings is 1. The lowest BCUT2D eigenvalue weighted by Crippen LogP contribution is -1.76. The molecule has 18 heavy (non-hydrogen) atoms. The first-order valence-electron chi connectivity index (χ1n) is 5.33. The van der Waals surface area contributed by atoms with E-state index in [1.807, 2.05) is 36.4 Å². The minimum absolute atomic E-state index is 0.170. The van der Waals surface area contributed by atoms with Crippen LogP contribution in [0, 0.1) is 0 Å². The van der Waals surface area contributed by atoms with Gasteiger partial charge in [0.1, 0.15) is 11.3 Å². The second-order valence-electron chi connectivity index (χ2n) is 3.92. The molecule has 0 unspecified atom stereocenters. The van der Waals surface area contributed by atoms with E-state index in [9.17, 15) is 5.11 Å². The Morgan fingerprint density at radius 2 is 1.72 bits per heavy atom. The summed E-state index contributed by atoms with van der Waals surface area (Å²) in [5.74, 6) is 0.170. The molecule has 0 aliphatic carbocycles. The van der Waals surface area contributed by atoms with Crippen molar-refractivity contribution in [2.45, 2.75) is 0 Å². The lowest BCUT2D eigenvalue weighted by Gasteiger charge is -2.00. The molecule has 0 fully saturated rings. The molecule has 90 valence electrons. The minimum atomic E-state index is 0.170. The topological polar surface area (TPSA) is 33.4 Å². The maximum absolute atomic E-state index is 9.67. The molecule has 0 amide bonds. The first-order valence-corrected chi connectivity index (χ1v) is 6.91. The van der Waals surface area contributed by atoms with Gasteiger partial charge in [0.2, 0.25) is 0 Å². The predicted octanol–water partition coefficient (Wildman–Crippen LogP) is 5.33. The van der Waals surface area contributed by atoms with Gasteiger partial charge in [-0.05, 0) is 43.5 Å². The number of rotatable bonds is 1. The number of aromatic hydroxyl groups is 1. The zero-order valence-electron chi connectivity index (χ0n) is 9.15. The van der Waals surface area contributed by atoms with Gasteiger partial charge in [-0.15, -0.1) is 0 Å². The standard InChI is InChI=1S/C14H8Br2O2/c15-10-6-9-12(7-11(10)17)18-14(16)13(9)8-4-2-1-3-5-8/h1-7,17H. The number of fused-ring (bicyclic) bond motifs is 1. The lowest BCUT2D eigenvalue weighted by molar-refractivity contribution is 0.470. The van der Waals surface area contributed by atoms with E-state index in [1.165, 1.54) is 0 Å². The quantitative estimate of drug-likeness (QED) is 0.630. The van der Waals surface area contributed by atoms with Crippen molar-refractivity contribution in [3.05, 3.63) is 51.6 Å². The number of phenols is 1. The van der Waals surface area contributed by atoms with Gasteiger partial charge in [-0.3, -0.25) is 0 Å². The summed E-state index contributed by atoms with van der Waals surface area (Å²) in [6, 6.07) is 13.5. The Kier molecular flexibility index (Phi) is 2.92. The van der Waals surface area contributed by atoms with Crippen LogP contribution in [0.15, 0.2) is 56.0 Å².